The average molecular weight is 396 g/mol. The molecule has 144 valence electrons. The van der Waals surface area contributed by atoms with Crippen LogP contribution in [0.25, 0.3) is 21.5 Å². The highest BCUT2D eigenvalue weighted by Crippen LogP contribution is 2.45. The van der Waals surface area contributed by atoms with Gasteiger partial charge in [-0.1, -0.05) is 84.9 Å². The molecule has 0 aromatic heterocycles. The predicted molar refractivity (Wildman–Crippen MR) is 126 cm³/mol. The van der Waals surface area contributed by atoms with Crippen molar-refractivity contribution in [3.05, 3.63) is 108 Å². The Morgan fingerprint density at radius 2 is 0.966 bits per heavy atom. The first kappa shape index (κ1) is 18.2. The standard InChI is InChI=1S/C26H25N2P/c1-19(23-15-7-11-21-9-3-5-13-25(21)23)27-17-18-28(29-27)20(2)24-16-8-12-22-10-4-6-14-26(22)24/h3-20,29H,1-2H3/t19-,20-/m0/s1. The summed E-state index contributed by atoms with van der Waals surface area (Å²) in [5.41, 5.74) is 2.78. The summed E-state index contributed by atoms with van der Waals surface area (Å²) in [7, 11) is 0.600. The Labute approximate surface area is 174 Å². The van der Waals surface area contributed by atoms with Crippen LogP contribution in [0, 0.1) is 0 Å². The fourth-order valence-electron chi connectivity index (χ4n) is 4.30. The Kier molecular flexibility index (Phi) is 4.73. The van der Waals surface area contributed by atoms with Crippen LogP contribution in [0.5, 0.6) is 0 Å². The van der Waals surface area contributed by atoms with Gasteiger partial charge >= 0.3 is 0 Å². The van der Waals surface area contributed by atoms with Crippen LogP contribution in [0.15, 0.2) is 97.3 Å². The third-order valence-corrected chi connectivity index (χ3v) is 7.53. The lowest BCUT2D eigenvalue weighted by atomic mass is 10.00. The van der Waals surface area contributed by atoms with Crippen molar-refractivity contribution >= 4 is 30.4 Å². The summed E-state index contributed by atoms with van der Waals surface area (Å²) in [6.07, 6.45) is 4.51. The first-order chi connectivity index (χ1) is 14.2. The van der Waals surface area contributed by atoms with Crippen molar-refractivity contribution in [1.29, 1.82) is 0 Å². The normalized spacial score (nSPS) is 15.9. The molecule has 1 aliphatic rings. The summed E-state index contributed by atoms with van der Waals surface area (Å²) in [6, 6.07) is 31.3. The summed E-state index contributed by atoms with van der Waals surface area (Å²) in [4.78, 5) is 0. The van der Waals surface area contributed by atoms with Crippen molar-refractivity contribution in [3.63, 3.8) is 0 Å². The van der Waals surface area contributed by atoms with Gasteiger partial charge in [-0.2, -0.15) is 0 Å². The first-order valence-electron chi connectivity index (χ1n) is 10.2. The number of benzene rings is 4. The molecule has 0 bridgehead atoms. The van der Waals surface area contributed by atoms with Crippen molar-refractivity contribution < 1.29 is 0 Å². The molecule has 0 unspecified atom stereocenters. The van der Waals surface area contributed by atoms with Gasteiger partial charge in [0.05, 0.1) is 21.0 Å². The zero-order valence-electron chi connectivity index (χ0n) is 16.8. The van der Waals surface area contributed by atoms with Crippen LogP contribution in [0.1, 0.15) is 37.1 Å². The number of hydrogen-bond acceptors (Lipinski definition) is 2. The molecule has 0 aliphatic carbocycles. The molecule has 0 saturated heterocycles. The molecule has 2 atom stereocenters. The highest BCUT2D eigenvalue weighted by molar-refractivity contribution is 7.33. The smallest absolute Gasteiger partial charge is 0.0801 e. The van der Waals surface area contributed by atoms with Gasteiger partial charge in [0.25, 0.3) is 0 Å². The van der Waals surface area contributed by atoms with Gasteiger partial charge in [-0.25, -0.2) is 0 Å². The summed E-state index contributed by atoms with van der Waals surface area (Å²) >= 11 is 0. The molecular weight excluding hydrogens is 371 g/mol. The second-order valence-corrected chi connectivity index (χ2v) is 8.93. The van der Waals surface area contributed by atoms with Crippen molar-refractivity contribution in [3.8, 4) is 0 Å². The second-order valence-electron chi connectivity index (χ2n) is 7.70. The molecule has 3 heteroatoms. The van der Waals surface area contributed by atoms with Crippen LogP contribution in [0.2, 0.25) is 0 Å². The van der Waals surface area contributed by atoms with Gasteiger partial charge in [0.2, 0.25) is 0 Å². The Morgan fingerprint density at radius 1 is 0.552 bits per heavy atom. The molecule has 4 aromatic rings. The van der Waals surface area contributed by atoms with Crippen molar-refractivity contribution in [2.45, 2.75) is 25.9 Å². The van der Waals surface area contributed by atoms with E-state index < -0.39 is 0 Å². The molecule has 0 amide bonds. The van der Waals surface area contributed by atoms with E-state index in [9.17, 15) is 0 Å². The zero-order valence-corrected chi connectivity index (χ0v) is 17.8. The van der Waals surface area contributed by atoms with E-state index >= 15 is 0 Å². The van der Waals surface area contributed by atoms with Gasteiger partial charge in [0, 0.05) is 12.4 Å². The molecule has 0 fully saturated rings. The SMILES string of the molecule is C[C@@H](c1cccc2ccccc12)N1C=CN([C@@H](C)c2cccc3ccccc23)P1. The van der Waals surface area contributed by atoms with E-state index in [1.54, 1.807) is 0 Å². The summed E-state index contributed by atoms with van der Waals surface area (Å²) in [5, 5.41) is 5.32. The van der Waals surface area contributed by atoms with E-state index in [0.717, 1.165) is 0 Å². The minimum atomic E-state index is 0.334. The van der Waals surface area contributed by atoms with Crippen LogP contribution < -0.4 is 0 Å². The lowest BCUT2D eigenvalue weighted by molar-refractivity contribution is 0.462. The van der Waals surface area contributed by atoms with Gasteiger partial charge in [-0.05, 0) is 46.5 Å². The Balaban J connectivity index is 1.40. The molecule has 1 heterocycles. The largest absolute Gasteiger partial charge is 0.334 e. The van der Waals surface area contributed by atoms with Gasteiger partial charge < -0.3 is 9.34 Å². The highest BCUT2D eigenvalue weighted by Gasteiger charge is 2.25. The fraction of sp³-hybridized carbons (Fsp3) is 0.154. The van der Waals surface area contributed by atoms with Gasteiger partial charge in [0.1, 0.15) is 0 Å². The zero-order chi connectivity index (χ0) is 19.8. The van der Waals surface area contributed by atoms with E-state index in [1.807, 2.05) is 0 Å². The summed E-state index contributed by atoms with van der Waals surface area (Å²) < 4.78 is 4.92. The van der Waals surface area contributed by atoms with E-state index in [1.165, 1.54) is 32.7 Å². The molecule has 1 aliphatic heterocycles. The van der Waals surface area contributed by atoms with E-state index in [0.29, 0.717) is 21.0 Å². The number of fused-ring (bicyclic) bond motifs is 2. The van der Waals surface area contributed by atoms with Gasteiger partial charge in [-0.3, -0.25) is 0 Å². The monoisotopic (exact) mass is 396 g/mol. The maximum Gasteiger partial charge on any atom is 0.0801 e. The molecule has 0 N–H and O–H groups in total. The van der Waals surface area contributed by atoms with Crippen LogP contribution in [-0.2, 0) is 0 Å². The van der Waals surface area contributed by atoms with Crippen LogP contribution in [-0.4, -0.2) is 9.34 Å². The minimum absolute atomic E-state index is 0.334. The van der Waals surface area contributed by atoms with Crippen molar-refractivity contribution in [2.24, 2.45) is 0 Å². The van der Waals surface area contributed by atoms with Crippen molar-refractivity contribution in [2.75, 3.05) is 0 Å². The lowest BCUT2D eigenvalue weighted by Gasteiger charge is -2.31. The van der Waals surface area contributed by atoms with E-state index in [2.05, 4.69) is 121 Å². The lowest BCUT2D eigenvalue weighted by Crippen LogP contribution is -2.15. The average Bonchev–Trinajstić information content (AvgIpc) is 3.28. The molecule has 29 heavy (non-hydrogen) atoms. The highest BCUT2D eigenvalue weighted by atomic mass is 31.1. The fourth-order valence-corrected chi connectivity index (χ4v) is 5.46. The van der Waals surface area contributed by atoms with Crippen molar-refractivity contribution in [1.82, 2.24) is 9.34 Å². The third-order valence-electron chi connectivity index (χ3n) is 6.00. The maximum atomic E-state index is 2.46. The summed E-state index contributed by atoms with van der Waals surface area (Å²) in [6.45, 7) is 4.62. The molecule has 4 aromatic carbocycles. The third kappa shape index (κ3) is 3.28. The topological polar surface area (TPSA) is 6.48 Å². The molecule has 2 nitrogen and oxygen atoms in total. The van der Waals surface area contributed by atoms with Crippen LogP contribution in [0.3, 0.4) is 0 Å². The van der Waals surface area contributed by atoms with E-state index in [-0.39, 0.29) is 0 Å². The number of nitrogens with zero attached hydrogens (tertiary/aromatic N) is 2. The van der Waals surface area contributed by atoms with E-state index in [4.69, 9.17) is 0 Å². The molecule has 0 radical (unpaired) electrons. The molecular formula is C26H25N2P. The molecule has 0 saturated carbocycles. The number of hydrogen-bond donors (Lipinski definition) is 0. The Morgan fingerprint density at radius 3 is 1.45 bits per heavy atom. The molecule has 0 spiro atoms. The summed E-state index contributed by atoms with van der Waals surface area (Å²) in [5.74, 6) is 0. The minimum Gasteiger partial charge on any atom is -0.334 e. The van der Waals surface area contributed by atoms with Gasteiger partial charge in [0.15, 0.2) is 0 Å². The quantitative estimate of drug-likeness (QED) is 0.331. The van der Waals surface area contributed by atoms with Gasteiger partial charge in [-0.15, -0.1) is 0 Å². The van der Waals surface area contributed by atoms with Crippen LogP contribution >= 0.6 is 8.88 Å². The van der Waals surface area contributed by atoms with Crippen LogP contribution in [0.4, 0.5) is 0 Å². The second kappa shape index (κ2) is 7.54. The predicted octanol–water partition coefficient (Wildman–Crippen LogP) is 7.41. The number of rotatable bonds is 4. The Bertz CT molecular complexity index is 1100. The maximum absolute atomic E-state index is 2.46. The first-order valence-corrected chi connectivity index (χ1v) is 11.1. The molecule has 5 rings (SSSR count). The Hall–Kier alpha value is -2.83.